The maximum atomic E-state index is 3.91. The largest absolute Gasteiger partial charge is 0.355 e. The molecule has 0 spiro atoms. The van der Waals surface area contributed by atoms with Crippen LogP contribution in [-0.4, -0.2) is 7.28 Å². The van der Waals surface area contributed by atoms with Gasteiger partial charge in [-0.3, -0.25) is 0 Å². The molecule has 10 aromatic rings. The monoisotopic (exact) mass is 830 g/mol. The van der Waals surface area contributed by atoms with E-state index in [1.807, 2.05) is 0 Å². The van der Waals surface area contributed by atoms with Gasteiger partial charge in [-0.1, -0.05) is 175 Å². The van der Waals surface area contributed by atoms with Crippen LogP contribution in [0.3, 0.4) is 0 Å². The molecule has 0 aromatic heterocycles. The molecule has 3 nitrogen and oxygen atoms in total. The van der Waals surface area contributed by atoms with E-state index in [-0.39, 0.29) is 0 Å². The predicted molar refractivity (Wildman–Crippen MR) is 277 cm³/mol. The predicted octanol–water partition coefficient (Wildman–Crippen LogP) is 15.3. The van der Waals surface area contributed by atoms with Gasteiger partial charge in [0.15, 0.2) is 7.28 Å². The number of rotatable bonds is 10. The molecule has 0 amide bonds. The summed E-state index contributed by atoms with van der Waals surface area (Å²) < 4.78 is 0. The Morgan fingerprint density at radius 2 is 0.877 bits per heavy atom. The zero-order valence-electron chi connectivity index (χ0n) is 36.1. The summed E-state index contributed by atoms with van der Waals surface area (Å²) in [6, 6.07) is 89.4. The van der Waals surface area contributed by atoms with Crippen molar-refractivity contribution in [1.29, 1.82) is 0 Å². The molecule has 65 heavy (non-hydrogen) atoms. The van der Waals surface area contributed by atoms with E-state index in [1.54, 1.807) is 0 Å². The molecule has 0 aliphatic carbocycles. The van der Waals surface area contributed by atoms with E-state index in [9.17, 15) is 0 Å². The molecule has 4 heteroatoms. The van der Waals surface area contributed by atoms with Crippen molar-refractivity contribution in [2.45, 2.75) is 6.92 Å². The molecule has 1 aliphatic heterocycles. The van der Waals surface area contributed by atoms with E-state index in [0.717, 1.165) is 78.7 Å². The Kier molecular flexibility index (Phi) is 10.6. The highest BCUT2D eigenvalue weighted by molar-refractivity contribution is 6.73. The van der Waals surface area contributed by atoms with Crippen molar-refractivity contribution in [1.82, 2.24) is 0 Å². The third-order valence-corrected chi connectivity index (χ3v) is 12.4. The van der Waals surface area contributed by atoms with Crippen molar-refractivity contribution in [3.63, 3.8) is 0 Å². The lowest BCUT2D eigenvalue weighted by Gasteiger charge is -2.36. The summed E-state index contributed by atoms with van der Waals surface area (Å²) in [4.78, 5) is 4.83. The molecule has 1 radical (unpaired) electrons. The first-order valence-corrected chi connectivity index (χ1v) is 22.3. The minimum Gasteiger partial charge on any atom is -0.355 e. The molecule has 1 aliphatic rings. The average Bonchev–Trinajstić information content (AvgIpc) is 3.37. The maximum absolute atomic E-state index is 3.91. The van der Waals surface area contributed by atoms with Gasteiger partial charge >= 0.3 is 0 Å². The zero-order chi connectivity index (χ0) is 43.5. The fraction of sp³-hybridized carbons (Fsp3) is 0.0164. The van der Waals surface area contributed by atoms with Gasteiger partial charge in [0.2, 0.25) is 0 Å². The van der Waals surface area contributed by atoms with Crippen molar-refractivity contribution >= 4 is 63.7 Å². The molecular weight excluding hydrogens is 786 g/mol. The zero-order valence-corrected chi connectivity index (χ0v) is 36.1. The van der Waals surface area contributed by atoms with Gasteiger partial charge in [0.05, 0.1) is 0 Å². The van der Waals surface area contributed by atoms with Gasteiger partial charge < -0.3 is 15.1 Å². The highest BCUT2D eigenvalue weighted by Crippen LogP contribution is 2.45. The van der Waals surface area contributed by atoms with E-state index >= 15 is 0 Å². The second kappa shape index (κ2) is 17.4. The quantitative estimate of drug-likeness (QED) is 0.139. The van der Waals surface area contributed by atoms with Crippen molar-refractivity contribution in [2.75, 3.05) is 15.1 Å². The Morgan fingerprint density at radius 1 is 0.369 bits per heavy atom. The fourth-order valence-corrected chi connectivity index (χ4v) is 9.16. The van der Waals surface area contributed by atoms with E-state index in [1.165, 1.54) is 27.8 Å². The third kappa shape index (κ3) is 7.88. The van der Waals surface area contributed by atoms with E-state index in [4.69, 9.17) is 0 Å². The maximum Gasteiger partial charge on any atom is 0.197 e. The summed E-state index contributed by atoms with van der Waals surface area (Å²) in [6.07, 6.45) is 0. The van der Waals surface area contributed by atoms with Crippen LogP contribution < -0.4 is 26.0 Å². The number of anilines is 8. The van der Waals surface area contributed by atoms with Crippen LogP contribution in [0.1, 0.15) is 5.56 Å². The highest BCUT2D eigenvalue weighted by Gasteiger charge is 2.30. The molecule has 307 valence electrons. The van der Waals surface area contributed by atoms with E-state index < -0.39 is 0 Å². The molecule has 0 bridgehead atoms. The summed E-state index contributed by atoms with van der Waals surface area (Å²) >= 11 is 0. The Morgan fingerprint density at radius 3 is 1.49 bits per heavy atom. The van der Waals surface area contributed by atoms with Crippen LogP contribution >= 0.6 is 0 Å². The Bertz CT molecular complexity index is 3210. The Balaban J connectivity index is 1.16. The van der Waals surface area contributed by atoms with Crippen LogP contribution in [0.4, 0.5) is 45.5 Å². The molecule has 0 saturated heterocycles. The lowest BCUT2D eigenvalue weighted by molar-refractivity contribution is 1.26. The minimum absolute atomic E-state index is 1.01. The Labute approximate surface area is 382 Å². The van der Waals surface area contributed by atoms with Gasteiger partial charge in [-0.15, -0.1) is 0 Å². The molecule has 1 N–H and O–H groups in total. The van der Waals surface area contributed by atoms with Gasteiger partial charge in [0.1, 0.15) is 0 Å². The molecule has 10 aromatic carbocycles. The number of nitrogens with one attached hydrogen (secondary N) is 1. The van der Waals surface area contributed by atoms with E-state index in [0.29, 0.717) is 0 Å². The fourth-order valence-electron chi connectivity index (χ4n) is 9.16. The first-order chi connectivity index (χ1) is 32.1. The Hall–Kier alpha value is -8.34. The number of aryl methyl sites for hydroxylation is 1. The third-order valence-electron chi connectivity index (χ3n) is 12.4. The smallest absolute Gasteiger partial charge is 0.197 e. The van der Waals surface area contributed by atoms with Gasteiger partial charge in [-0.2, -0.15) is 0 Å². The number of hydrogen-bond acceptors (Lipinski definition) is 3. The van der Waals surface area contributed by atoms with Crippen molar-refractivity contribution in [3.05, 3.63) is 254 Å². The number of nitrogens with zero attached hydrogens (tertiary/aromatic N) is 2. The number of hydrogen-bond donors (Lipinski definition) is 1. The minimum atomic E-state index is 1.01. The number of fused-ring (bicyclic) bond motifs is 2. The molecule has 0 saturated carbocycles. The van der Waals surface area contributed by atoms with Crippen LogP contribution in [0.25, 0.3) is 44.5 Å². The van der Waals surface area contributed by atoms with Crippen molar-refractivity contribution in [2.24, 2.45) is 0 Å². The average molecular weight is 831 g/mol. The molecule has 0 unspecified atom stereocenters. The van der Waals surface area contributed by atoms with Crippen LogP contribution in [0.15, 0.2) is 249 Å². The molecule has 0 atom stereocenters. The van der Waals surface area contributed by atoms with Crippen LogP contribution in [0.2, 0.25) is 0 Å². The van der Waals surface area contributed by atoms with Gasteiger partial charge in [-0.05, 0) is 136 Å². The number of para-hydroxylation sites is 3. The van der Waals surface area contributed by atoms with Crippen LogP contribution in [0.5, 0.6) is 0 Å². The molecule has 1 heterocycles. The van der Waals surface area contributed by atoms with Gasteiger partial charge in [-0.25, -0.2) is 0 Å². The van der Waals surface area contributed by atoms with Crippen molar-refractivity contribution in [3.8, 4) is 44.5 Å². The summed E-state index contributed by atoms with van der Waals surface area (Å²) in [5.41, 5.74) is 21.4. The van der Waals surface area contributed by atoms with E-state index in [2.05, 4.69) is 278 Å². The standard InChI is InChI=1S/C61H45BN3/c1-43-19-17-18-30-58(43)65-59-40-48(45-22-9-3-10-23-45)33-37-56(59)62-61-55(39-49(41-60(61)65)46-24-11-4-12-25-46)54-42-53(64(51-26-13-5-14-27-51)52-28-15-6-16-29-52)36-38-57(54)63-50-34-31-47(32-35-50)44-20-7-2-8-21-44/h2-42,63H,1H3. The normalized spacial score (nSPS) is 11.6. The first kappa shape index (κ1) is 39.5. The summed E-state index contributed by atoms with van der Waals surface area (Å²) in [5, 5.41) is 3.91. The SMILES string of the molecule is Cc1ccccc1N1c2cc(-c3ccccc3)ccc2[B]c2c(-c3cc(N(c4ccccc4)c4ccccc4)ccc3Nc3ccc(-c4ccccc4)cc3)cc(-c3ccccc3)cc21. The van der Waals surface area contributed by atoms with Crippen LogP contribution in [0, 0.1) is 6.92 Å². The lowest BCUT2D eigenvalue weighted by atomic mass is 9.57. The van der Waals surface area contributed by atoms with Gasteiger partial charge in [0.25, 0.3) is 0 Å². The van der Waals surface area contributed by atoms with Gasteiger partial charge in [0, 0.05) is 51.1 Å². The van der Waals surface area contributed by atoms with Crippen LogP contribution in [-0.2, 0) is 0 Å². The topological polar surface area (TPSA) is 18.5 Å². The summed E-state index contributed by atoms with van der Waals surface area (Å²) in [6.45, 7) is 2.21. The lowest BCUT2D eigenvalue weighted by Crippen LogP contribution is -2.41. The first-order valence-electron chi connectivity index (χ1n) is 22.3. The number of benzene rings is 10. The molecule has 11 rings (SSSR count). The highest BCUT2D eigenvalue weighted by atomic mass is 15.2. The second-order valence-electron chi connectivity index (χ2n) is 16.5. The summed E-state index contributed by atoms with van der Waals surface area (Å²) in [5.74, 6) is 0. The molecule has 0 fully saturated rings. The molecular formula is C61H45BN3. The van der Waals surface area contributed by atoms with Crippen molar-refractivity contribution < 1.29 is 0 Å². The summed E-state index contributed by atoms with van der Waals surface area (Å²) in [7, 11) is 2.40. The second-order valence-corrected chi connectivity index (χ2v) is 16.5.